The van der Waals surface area contributed by atoms with Crippen LogP contribution in [0.3, 0.4) is 0 Å². The Hall–Kier alpha value is -3.02. The van der Waals surface area contributed by atoms with Crippen LogP contribution in [0, 0.1) is 0 Å². The predicted octanol–water partition coefficient (Wildman–Crippen LogP) is 6.01. The average molecular weight is 459 g/mol. The maximum Gasteiger partial charge on any atom is 0.338 e. The second-order valence-electron chi connectivity index (χ2n) is 6.50. The summed E-state index contributed by atoms with van der Waals surface area (Å²) in [4.78, 5) is 24.8. The zero-order chi connectivity index (χ0) is 22.2. The molecule has 0 bridgehead atoms. The molecule has 0 unspecified atom stereocenters. The summed E-state index contributed by atoms with van der Waals surface area (Å²) >= 11 is 12.1. The van der Waals surface area contributed by atoms with Gasteiger partial charge < -0.3 is 14.2 Å². The first-order chi connectivity index (χ1) is 15.0. The molecule has 0 aromatic heterocycles. The van der Waals surface area contributed by atoms with Gasteiger partial charge in [0.2, 0.25) is 0 Å². The van der Waals surface area contributed by atoms with Crippen LogP contribution in [0.1, 0.15) is 33.2 Å². The monoisotopic (exact) mass is 458 g/mol. The minimum atomic E-state index is -0.697. The summed E-state index contributed by atoms with van der Waals surface area (Å²) in [5.74, 6) is -0.387. The molecule has 3 aromatic carbocycles. The molecular formula is C24H20Cl2O5. The van der Waals surface area contributed by atoms with Crippen molar-refractivity contribution in [1.82, 2.24) is 0 Å². The fourth-order valence-electron chi connectivity index (χ4n) is 2.75. The van der Waals surface area contributed by atoms with E-state index in [-0.39, 0.29) is 23.0 Å². The lowest BCUT2D eigenvalue weighted by Crippen LogP contribution is -2.14. The highest BCUT2D eigenvalue weighted by Gasteiger charge is 2.18. The van der Waals surface area contributed by atoms with Crippen molar-refractivity contribution < 1.29 is 23.8 Å². The highest BCUT2D eigenvalue weighted by atomic mass is 35.5. The van der Waals surface area contributed by atoms with E-state index in [0.29, 0.717) is 28.7 Å². The van der Waals surface area contributed by atoms with Crippen molar-refractivity contribution in [2.45, 2.75) is 13.5 Å². The Morgan fingerprint density at radius 1 is 0.871 bits per heavy atom. The molecule has 0 amide bonds. The molecule has 0 aliphatic carbocycles. The van der Waals surface area contributed by atoms with E-state index in [0.717, 1.165) is 5.56 Å². The number of hydrogen-bond acceptors (Lipinski definition) is 5. The van der Waals surface area contributed by atoms with E-state index in [9.17, 15) is 9.59 Å². The van der Waals surface area contributed by atoms with Crippen molar-refractivity contribution in [1.29, 1.82) is 0 Å². The number of rotatable bonds is 9. The molecule has 5 nitrogen and oxygen atoms in total. The quantitative estimate of drug-likeness (QED) is 0.290. The number of carbonyl (C=O) groups is 2. The van der Waals surface area contributed by atoms with Crippen molar-refractivity contribution in [3.8, 4) is 11.5 Å². The molecule has 0 atom stereocenters. The molecular weight excluding hydrogens is 439 g/mol. The van der Waals surface area contributed by atoms with Gasteiger partial charge in [-0.2, -0.15) is 0 Å². The molecule has 0 spiro atoms. The van der Waals surface area contributed by atoms with Crippen LogP contribution >= 0.6 is 23.2 Å². The van der Waals surface area contributed by atoms with Crippen molar-refractivity contribution >= 4 is 35.0 Å². The third-order valence-corrected chi connectivity index (χ3v) is 4.80. The van der Waals surface area contributed by atoms with Crippen LogP contribution in [0.4, 0.5) is 0 Å². The number of esters is 1. The molecule has 3 aromatic rings. The van der Waals surface area contributed by atoms with Gasteiger partial charge in [0.25, 0.3) is 0 Å². The maximum atomic E-state index is 12.5. The predicted molar refractivity (Wildman–Crippen MR) is 119 cm³/mol. The Kier molecular flexibility index (Phi) is 7.93. The first-order valence-electron chi connectivity index (χ1n) is 9.57. The van der Waals surface area contributed by atoms with Crippen molar-refractivity contribution in [3.05, 3.63) is 93.5 Å². The lowest BCUT2D eigenvalue weighted by molar-refractivity contribution is 0.0474. The van der Waals surface area contributed by atoms with Gasteiger partial charge in [-0.05, 0) is 48.9 Å². The van der Waals surface area contributed by atoms with Crippen molar-refractivity contribution in [2.75, 3.05) is 13.2 Å². The van der Waals surface area contributed by atoms with E-state index in [2.05, 4.69) is 0 Å². The number of hydrogen-bond donors (Lipinski definition) is 0. The molecule has 31 heavy (non-hydrogen) atoms. The van der Waals surface area contributed by atoms with E-state index >= 15 is 0 Å². The Bertz CT molecular complexity index is 1050. The van der Waals surface area contributed by atoms with Gasteiger partial charge in [-0.1, -0.05) is 53.5 Å². The lowest BCUT2D eigenvalue weighted by atomic mass is 10.1. The molecule has 0 aliphatic rings. The minimum Gasteiger partial charge on any atom is -0.488 e. The lowest BCUT2D eigenvalue weighted by Gasteiger charge is -2.15. The third kappa shape index (κ3) is 6.23. The fraction of sp³-hybridized carbons (Fsp3) is 0.167. The van der Waals surface area contributed by atoms with Gasteiger partial charge in [0.1, 0.15) is 6.61 Å². The molecule has 7 heteroatoms. The van der Waals surface area contributed by atoms with Gasteiger partial charge in [-0.3, -0.25) is 4.79 Å². The molecule has 3 rings (SSSR count). The van der Waals surface area contributed by atoms with Crippen molar-refractivity contribution in [3.63, 3.8) is 0 Å². The van der Waals surface area contributed by atoms with E-state index in [1.807, 2.05) is 37.3 Å². The molecule has 0 N–H and O–H groups in total. The standard InChI is InChI=1S/C24H20Cl2O5/c1-2-29-23-20(26)12-18(13-22(23)30-14-16-6-4-3-5-7-16)24(28)31-15-21(27)17-8-10-19(25)11-9-17/h3-13H,2,14-15H2,1H3. The van der Waals surface area contributed by atoms with Crippen LogP contribution < -0.4 is 9.47 Å². The zero-order valence-corrected chi connectivity index (χ0v) is 18.3. The van der Waals surface area contributed by atoms with Crippen LogP contribution in [0.25, 0.3) is 0 Å². The zero-order valence-electron chi connectivity index (χ0n) is 16.8. The number of ketones is 1. The largest absolute Gasteiger partial charge is 0.488 e. The molecule has 0 heterocycles. The van der Waals surface area contributed by atoms with Gasteiger partial charge in [0.15, 0.2) is 23.9 Å². The van der Waals surface area contributed by atoms with E-state index in [4.69, 9.17) is 37.4 Å². The first kappa shape index (κ1) is 22.7. The second kappa shape index (κ2) is 10.8. The highest BCUT2D eigenvalue weighted by Crippen LogP contribution is 2.37. The third-order valence-electron chi connectivity index (χ3n) is 4.27. The number of halogens is 2. The average Bonchev–Trinajstić information content (AvgIpc) is 2.78. The van der Waals surface area contributed by atoms with E-state index in [1.54, 1.807) is 24.3 Å². The van der Waals surface area contributed by atoms with Crippen LogP contribution in [-0.4, -0.2) is 25.0 Å². The SMILES string of the molecule is CCOc1c(Cl)cc(C(=O)OCC(=O)c2ccc(Cl)cc2)cc1OCc1ccccc1. The summed E-state index contributed by atoms with van der Waals surface area (Å²) in [5.41, 5.74) is 1.50. The number of ether oxygens (including phenoxy) is 3. The molecule has 0 saturated heterocycles. The molecule has 0 fully saturated rings. The van der Waals surface area contributed by atoms with E-state index in [1.165, 1.54) is 12.1 Å². The molecule has 0 saturated carbocycles. The first-order valence-corrected chi connectivity index (χ1v) is 10.3. The van der Waals surface area contributed by atoms with Gasteiger partial charge in [0, 0.05) is 10.6 Å². The van der Waals surface area contributed by atoms with Crippen LogP contribution in [0.15, 0.2) is 66.7 Å². The number of carbonyl (C=O) groups excluding carboxylic acids is 2. The van der Waals surface area contributed by atoms with Crippen LogP contribution in [-0.2, 0) is 11.3 Å². The van der Waals surface area contributed by atoms with Gasteiger partial charge in [0.05, 0.1) is 17.2 Å². The van der Waals surface area contributed by atoms with E-state index < -0.39 is 12.6 Å². The summed E-state index contributed by atoms with van der Waals surface area (Å²) < 4.78 is 16.6. The summed E-state index contributed by atoms with van der Waals surface area (Å²) in [7, 11) is 0. The Morgan fingerprint density at radius 3 is 2.26 bits per heavy atom. The Morgan fingerprint density at radius 2 is 1.58 bits per heavy atom. The smallest absolute Gasteiger partial charge is 0.338 e. The topological polar surface area (TPSA) is 61.8 Å². The Labute approximate surface area is 190 Å². The normalized spacial score (nSPS) is 10.4. The maximum absolute atomic E-state index is 12.5. The summed E-state index contributed by atoms with van der Waals surface area (Å²) in [6.45, 7) is 2.05. The number of benzene rings is 3. The van der Waals surface area contributed by atoms with Crippen LogP contribution in [0.5, 0.6) is 11.5 Å². The number of Topliss-reactive ketones (excluding diaryl/α,β-unsaturated/α-hetero) is 1. The highest BCUT2D eigenvalue weighted by molar-refractivity contribution is 6.32. The summed E-state index contributed by atoms with van der Waals surface area (Å²) in [5, 5.41) is 0.726. The van der Waals surface area contributed by atoms with Crippen LogP contribution in [0.2, 0.25) is 10.0 Å². The van der Waals surface area contributed by atoms with Crippen molar-refractivity contribution in [2.24, 2.45) is 0 Å². The summed E-state index contributed by atoms with van der Waals surface area (Å²) in [6, 6.07) is 18.8. The fourth-order valence-corrected chi connectivity index (χ4v) is 3.14. The Balaban J connectivity index is 1.73. The molecule has 0 radical (unpaired) electrons. The van der Waals surface area contributed by atoms with Gasteiger partial charge in [-0.25, -0.2) is 4.79 Å². The molecule has 0 aliphatic heterocycles. The van der Waals surface area contributed by atoms with Gasteiger partial charge in [-0.15, -0.1) is 0 Å². The van der Waals surface area contributed by atoms with Gasteiger partial charge >= 0.3 is 5.97 Å². The second-order valence-corrected chi connectivity index (χ2v) is 7.34. The molecule has 160 valence electrons. The summed E-state index contributed by atoms with van der Waals surface area (Å²) in [6.07, 6.45) is 0. The minimum absolute atomic E-state index is 0.153.